The fourth-order valence-electron chi connectivity index (χ4n) is 1.18. The average Bonchev–Trinajstić information content (AvgIpc) is 1.96. The number of alkyl halides is 1. The molecule has 0 aliphatic carbocycles. The zero-order valence-electron chi connectivity index (χ0n) is 7.91. The highest BCUT2D eigenvalue weighted by molar-refractivity contribution is 9.09. The van der Waals surface area contributed by atoms with Crippen LogP contribution in [0.3, 0.4) is 0 Å². The molecular formula is C10H21Br. The number of halogens is 1. The number of hydrogen-bond acceptors (Lipinski definition) is 0. The highest BCUT2D eigenvalue weighted by Gasteiger charge is 1.93. The van der Waals surface area contributed by atoms with Gasteiger partial charge in [0.15, 0.2) is 0 Å². The van der Waals surface area contributed by atoms with Crippen LogP contribution in [-0.4, -0.2) is 5.33 Å². The van der Waals surface area contributed by atoms with Gasteiger partial charge in [0.2, 0.25) is 0 Å². The molecule has 0 aliphatic rings. The summed E-state index contributed by atoms with van der Waals surface area (Å²) in [4.78, 5) is 0. The van der Waals surface area contributed by atoms with E-state index in [1.165, 1.54) is 43.9 Å². The summed E-state index contributed by atoms with van der Waals surface area (Å²) in [5.41, 5.74) is 0. The lowest BCUT2D eigenvalue weighted by Crippen LogP contribution is -1.87. The Labute approximate surface area is 79.9 Å². The minimum atomic E-state index is 0.895. The van der Waals surface area contributed by atoms with Gasteiger partial charge < -0.3 is 0 Å². The van der Waals surface area contributed by atoms with Gasteiger partial charge in [-0.15, -0.1) is 0 Å². The van der Waals surface area contributed by atoms with Gasteiger partial charge in [-0.1, -0.05) is 61.9 Å². The van der Waals surface area contributed by atoms with Crippen LogP contribution in [0, 0.1) is 5.92 Å². The second-order valence-corrected chi connectivity index (χ2v) is 4.43. The normalized spacial score (nSPS) is 10.9. The molecule has 0 aromatic rings. The molecule has 0 aliphatic heterocycles. The van der Waals surface area contributed by atoms with Gasteiger partial charge in [-0.05, 0) is 12.3 Å². The standard InChI is InChI=1S/C10H21Br/c1-10(2)8-6-4-3-5-7-9-11/h10H,3-9H2,1-2H3. The molecular weight excluding hydrogens is 200 g/mol. The van der Waals surface area contributed by atoms with E-state index < -0.39 is 0 Å². The molecule has 0 spiro atoms. The van der Waals surface area contributed by atoms with Crippen LogP contribution in [0.25, 0.3) is 0 Å². The van der Waals surface area contributed by atoms with Gasteiger partial charge in [-0.2, -0.15) is 0 Å². The van der Waals surface area contributed by atoms with Gasteiger partial charge in [0, 0.05) is 5.33 Å². The Kier molecular flexibility index (Phi) is 8.95. The summed E-state index contributed by atoms with van der Waals surface area (Å²) in [7, 11) is 0. The van der Waals surface area contributed by atoms with E-state index in [4.69, 9.17) is 0 Å². The summed E-state index contributed by atoms with van der Waals surface area (Å²) in [5, 5.41) is 1.18. The molecule has 0 fully saturated rings. The van der Waals surface area contributed by atoms with E-state index in [1.807, 2.05) is 0 Å². The Morgan fingerprint density at radius 3 is 2.00 bits per heavy atom. The van der Waals surface area contributed by atoms with Crippen LogP contribution in [0.5, 0.6) is 0 Å². The van der Waals surface area contributed by atoms with Crippen molar-refractivity contribution in [1.29, 1.82) is 0 Å². The first kappa shape index (κ1) is 11.5. The highest BCUT2D eigenvalue weighted by atomic mass is 79.9. The first-order chi connectivity index (χ1) is 5.27. The third kappa shape index (κ3) is 10.5. The molecule has 0 saturated carbocycles. The van der Waals surface area contributed by atoms with Crippen LogP contribution in [0.15, 0.2) is 0 Å². The molecule has 0 amide bonds. The Morgan fingerprint density at radius 1 is 0.909 bits per heavy atom. The Balaban J connectivity index is 2.80. The molecule has 0 unspecified atom stereocenters. The fourth-order valence-corrected chi connectivity index (χ4v) is 1.57. The van der Waals surface area contributed by atoms with Crippen molar-refractivity contribution in [3.8, 4) is 0 Å². The zero-order chi connectivity index (χ0) is 8.53. The maximum Gasteiger partial charge on any atom is 0.00313 e. The average molecular weight is 221 g/mol. The molecule has 68 valence electrons. The Morgan fingerprint density at radius 2 is 1.45 bits per heavy atom. The summed E-state index contributed by atoms with van der Waals surface area (Å²) in [6.07, 6.45) is 8.46. The lowest BCUT2D eigenvalue weighted by atomic mass is 10.0. The van der Waals surface area contributed by atoms with E-state index in [2.05, 4.69) is 29.8 Å². The molecule has 0 aromatic carbocycles. The molecule has 0 saturated heterocycles. The van der Waals surface area contributed by atoms with Crippen molar-refractivity contribution in [3.63, 3.8) is 0 Å². The number of unbranched alkanes of at least 4 members (excludes halogenated alkanes) is 4. The molecule has 0 atom stereocenters. The third-order valence-corrected chi connectivity index (χ3v) is 2.48. The second kappa shape index (κ2) is 8.58. The van der Waals surface area contributed by atoms with Crippen LogP contribution in [-0.2, 0) is 0 Å². The molecule has 0 heterocycles. The van der Waals surface area contributed by atoms with E-state index in [9.17, 15) is 0 Å². The molecule has 0 nitrogen and oxygen atoms in total. The quantitative estimate of drug-likeness (QED) is 0.442. The monoisotopic (exact) mass is 220 g/mol. The van der Waals surface area contributed by atoms with Gasteiger partial charge in [-0.25, -0.2) is 0 Å². The van der Waals surface area contributed by atoms with Crippen LogP contribution in [0.4, 0.5) is 0 Å². The van der Waals surface area contributed by atoms with E-state index in [0.717, 1.165) is 5.92 Å². The van der Waals surface area contributed by atoms with Crippen molar-refractivity contribution >= 4 is 15.9 Å². The first-order valence-electron chi connectivity index (χ1n) is 4.83. The lowest BCUT2D eigenvalue weighted by Gasteiger charge is -2.03. The van der Waals surface area contributed by atoms with E-state index >= 15 is 0 Å². The smallest absolute Gasteiger partial charge is 0.00313 e. The fraction of sp³-hybridized carbons (Fsp3) is 1.00. The number of hydrogen-bond donors (Lipinski definition) is 0. The van der Waals surface area contributed by atoms with Crippen LogP contribution >= 0.6 is 15.9 Å². The zero-order valence-corrected chi connectivity index (χ0v) is 9.49. The molecule has 0 rings (SSSR count). The van der Waals surface area contributed by atoms with Crippen molar-refractivity contribution in [2.24, 2.45) is 5.92 Å². The summed E-state index contributed by atoms with van der Waals surface area (Å²) in [6, 6.07) is 0. The summed E-state index contributed by atoms with van der Waals surface area (Å²) >= 11 is 3.44. The van der Waals surface area contributed by atoms with E-state index in [1.54, 1.807) is 0 Å². The van der Waals surface area contributed by atoms with Crippen LogP contribution < -0.4 is 0 Å². The molecule has 1 heteroatoms. The molecule has 0 bridgehead atoms. The van der Waals surface area contributed by atoms with E-state index in [0.29, 0.717) is 0 Å². The van der Waals surface area contributed by atoms with Crippen LogP contribution in [0.2, 0.25) is 0 Å². The van der Waals surface area contributed by atoms with Gasteiger partial charge >= 0.3 is 0 Å². The predicted molar refractivity (Wildman–Crippen MR) is 56.3 cm³/mol. The van der Waals surface area contributed by atoms with E-state index in [-0.39, 0.29) is 0 Å². The summed E-state index contributed by atoms with van der Waals surface area (Å²) < 4.78 is 0. The number of rotatable bonds is 7. The van der Waals surface area contributed by atoms with Gasteiger partial charge in [0.25, 0.3) is 0 Å². The second-order valence-electron chi connectivity index (χ2n) is 3.64. The topological polar surface area (TPSA) is 0 Å². The Hall–Kier alpha value is 0.480. The summed E-state index contributed by atoms with van der Waals surface area (Å²) in [5.74, 6) is 0.895. The first-order valence-corrected chi connectivity index (χ1v) is 5.95. The van der Waals surface area contributed by atoms with Gasteiger partial charge in [0.1, 0.15) is 0 Å². The third-order valence-electron chi connectivity index (χ3n) is 1.92. The molecule has 0 N–H and O–H groups in total. The molecule has 0 radical (unpaired) electrons. The minimum Gasteiger partial charge on any atom is -0.0928 e. The largest absolute Gasteiger partial charge is 0.0928 e. The van der Waals surface area contributed by atoms with Crippen molar-refractivity contribution < 1.29 is 0 Å². The highest BCUT2D eigenvalue weighted by Crippen LogP contribution is 2.10. The lowest BCUT2D eigenvalue weighted by molar-refractivity contribution is 0.519. The maximum absolute atomic E-state index is 3.44. The van der Waals surface area contributed by atoms with Crippen molar-refractivity contribution in [2.45, 2.75) is 52.4 Å². The minimum absolute atomic E-state index is 0.895. The molecule has 0 aromatic heterocycles. The summed E-state index contributed by atoms with van der Waals surface area (Å²) in [6.45, 7) is 4.61. The van der Waals surface area contributed by atoms with Crippen LogP contribution in [0.1, 0.15) is 52.4 Å². The van der Waals surface area contributed by atoms with Crippen molar-refractivity contribution in [1.82, 2.24) is 0 Å². The van der Waals surface area contributed by atoms with Crippen molar-refractivity contribution in [3.05, 3.63) is 0 Å². The van der Waals surface area contributed by atoms with Gasteiger partial charge in [-0.3, -0.25) is 0 Å². The predicted octanol–water partition coefficient (Wildman–Crippen LogP) is 4.38. The molecule has 11 heavy (non-hydrogen) atoms. The SMILES string of the molecule is CC(C)CCCCCCCBr. The maximum atomic E-state index is 3.44. The van der Waals surface area contributed by atoms with Crippen molar-refractivity contribution in [2.75, 3.05) is 5.33 Å². The van der Waals surface area contributed by atoms with Gasteiger partial charge in [0.05, 0.1) is 0 Å². The Bertz CT molecular complexity index is 69.3.